The van der Waals surface area contributed by atoms with Gasteiger partial charge in [0.2, 0.25) is 0 Å². The van der Waals surface area contributed by atoms with Crippen molar-refractivity contribution in [2.75, 3.05) is 374 Å². The number of methoxy groups -OCH3 is 9. The quantitative estimate of drug-likeness (QED) is 0.0468. The molecule has 31 heteroatoms. The van der Waals surface area contributed by atoms with Gasteiger partial charge in [-0.1, -0.05) is 78.8 Å². The van der Waals surface area contributed by atoms with Crippen LogP contribution in [-0.2, 0) is 139 Å². The van der Waals surface area contributed by atoms with Crippen molar-refractivity contribution in [1.29, 1.82) is 0 Å². The second-order valence-electron chi connectivity index (χ2n) is 29.8. The maximum absolute atomic E-state index is 10.4. The SMILES string of the molecule is CC(=O)OCC(CO)OC(C)=O.CCCN1CCN(CCOC)CC1.CCCOC.CCCOCCOCCOCCOC.CCCOCCOCCOCCOC.CCCOCCOCCOCCOC.CCCOCCOCCOCCOC.CCCOCCOCCOCCOC.COCCC12CC3CC(CC(C3)C1)C2.COCCCc1ccccc1. The number of carbonyl (C=O) groups excluding carboxylic acids is 2. The highest BCUT2D eigenvalue weighted by atomic mass is 16.6. The highest BCUT2D eigenvalue weighted by Crippen LogP contribution is 2.61. The van der Waals surface area contributed by atoms with Crippen molar-refractivity contribution in [3.63, 3.8) is 0 Å². The summed E-state index contributed by atoms with van der Waals surface area (Å²) in [5, 5.41) is 8.62. The van der Waals surface area contributed by atoms with Gasteiger partial charge >= 0.3 is 11.9 Å². The number of ether oxygens (including phenoxy) is 26. The summed E-state index contributed by atoms with van der Waals surface area (Å²) in [4.78, 5) is 25.7. The number of aliphatic hydroxyl groups is 1. The van der Waals surface area contributed by atoms with Crippen molar-refractivity contribution in [2.45, 2.75) is 171 Å². The van der Waals surface area contributed by atoms with Gasteiger partial charge in [0.05, 0.1) is 211 Å². The van der Waals surface area contributed by atoms with E-state index in [1.807, 2.05) is 13.2 Å². The third-order valence-electron chi connectivity index (χ3n) is 18.3. The van der Waals surface area contributed by atoms with Gasteiger partial charge in [-0.3, -0.25) is 14.5 Å². The largest absolute Gasteiger partial charge is 0.462 e. The average Bonchev–Trinajstić information content (AvgIpc) is 0.754. The molecule has 1 aromatic carbocycles. The molecule has 6 rings (SSSR count). The molecule has 1 unspecified atom stereocenters. The molecule has 750 valence electrons. The van der Waals surface area contributed by atoms with Crippen molar-refractivity contribution >= 4 is 11.9 Å². The van der Waals surface area contributed by atoms with E-state index in [4.69, 9.17) is 119 Å². The molecule has 1 heterocycles. The van der Waals surface area contributed by atoms with E-state index in [-0.39, 0.29) is 13.2 Å². The molecule has 0 aromatic heterocycles. The van der Waals surface area contributed by atoms with Crippen LogP contribution < -0.4 is 0 Å². The highest BCUT2D eigenvalue weighted by molar-refractivity contribution is 5.67. The predicted octanol–water partition coefficient (Wildman–Crippen LogP) is 12.1. The Morgan fingerprint density at radius 2 is 0.592 bits per heavy atom. The maximum atomic E-state index is 10.4. The topological polar surface area (TPSA) is 301 Å². The van der Waals surface area contributed by atoms with E-state index < -0.39 is 18.0 Å². The molecule has 5 aliphatic rings. The van der Waals surface area contributed by atoms with Crippen molar-refractivity contribution in [1.82, 2.24) is 9.80 Å². The van der Waals surface area contributed by atoms with Gasteiger partial charge in [0.25, 0.3) is 0 Å². The number of esters is 2. The molecule has 1 aliphatic heterocycles. The average molecular weight is 1810 g/mol. The lowest BCUT2D eigenvalue weighted by molar-refractivity contribution is -0.158. The molecule has 4 aliphatic carbocycles. The van der Waals surface area contributed by atoms with Crippen molar-refractivity contribution < 1.29 is 138 Å². The molecule has 1 atom stereocenters. The Labute approximate surface area is 760 Å². The molecule has 125 heavy (non-hydrogen) atoms. The Bertz CT molecular complexity index is 1890. The van der Waals surface area contributed by atoms with Crippen LogP contribution in [0.2, 0.25) is 0 Å². The molecule has 0 radical (unpaired) electrons. The fourth-order valence-corrected chi connectivity index (χ4v) is 12.7. The zero-order valence-electron chi connectivity index (χ0n) is 82.5. The zero-order chi connectivity index (χ0) is 93.2. The predicted molar refractivity (Wildman–Crippen MR) is 493 cm³/mol. The second-order valence-corrected chi connectivity index (χ2v) is 29.8. The first kappa shape index (κ1) is 131. The van der Waals surface area contributed by atoms with Gasteiger partial charge in [0.1, 0.15) is 6.61 Å². The second kappa shape index (κ2) is 113. The Balaban J connectivity index is -0.000000429. The first-order valence-electron chi connectivity index (χ1n) is 46.6. The van der Waals surface area contributed by atoms with Crippen LogP contribution in [0.15, 0.2) is 30.3 Å². The van der Waals surface area contributed by atoms with Crippen LogP contribution >= 0.6 is 0 Å². The lowest BCUT2D eigenvalue weighted by atomic mass is 9.49. The number of aryl methyl sites for hydroxylation is 1. The van der Waals surface area contributed by atoms with Crippen LogP contribution in [-0.4, -0.2) is 407 Å². The van der Waals surface area contributed by atoms with E-state index in [1.165, 1.54) is 84.2 Å². The first-order valence-corrected chi connectivity index (χ1v) is 46.6. The maximum Gasteiger partial charge on any atom is 0.303 e. The molecule has 0 spiro atoms. The van der Waals surface area contributed by atoms with Crippen LogP contribution in [0.25, 0.3) is 0 Å². The monoisotopic (exact) mass is 1810 g/mol. The van der Waals surface area contributed by atoms with E-state index in [0.717, 1.165) is 141 Å². The summed E-state index contributed by atoms with van der Waals surface area (Å²) in [6.07, 6.45) is 19.8. The van der Waals surface area contributed by atoms with Gasteiger partial charge in [-0.25, -0.2) is 0 Å². The molecule has 31 nitrogen and oxygen atoms in total. The molecule has 1 saturated heterocycles. The lowest BCUT2D eigenvalue weighted by Gasteiger charge is -2.57. The number of hydrogen-bond acceptors (Lipinski definition) is 31. The molecular formula is C94H190N2O29. The molecule has 4 saturated carbocycles. The normalized spacial score (nSPS) is 16.1. The number of rotatable bonds is 73. The number of hydrogen-bond donors (Lipinski definition) is 1. The molecule has 4 bridgehead atoms. The number of piperazine rings is 1. The van der Waals surface area contributed by atoms with E-state index >= 15 is 0 Å². The highest BCUT2D eigenvalue weighted by Gasteiger charge is 2.50. The minimum Gasteiger partial charge on any atom is -0.462 e. The summed E-state index contributed by atoms with van der Waals surface area (Å²) >= 11 is 0. The number of carbonyl (C=O) groups is 2. The van der Waals surface area contributed by atoms with Crippen LogP contribution in [0.4, 0.5) is 0 Å². The van der Waals surface area contributed by atoms with Gasteiger partial charge in [-0.05, 0) is 138 Å². The van der Waals surface area contributed by atoms with Crippen molar-refractivity contribution in [3.8, 4) is 0 Å². The number of benzene rings is 1. The summed E-state index contributed by atoms with van der Waals surface area (Å²) in [6, 6.07) is 10.5. The van der Waals surface area contributed by atoms with Gasteiger partial charge in [-0.15, -0.1) is 0 Å². The van der Waals surface area contributed by atoms with Gasteiger partial charge in [-0.2, -0.15) is 0 Å². The van der Waals surface area contributed by atoms with E-state index in [0.29, 0.717) is 198 Å². The molecule has 1 N–H and O–H groups in total. The Morgan fingerprint density at radius 1 is 0.328 bits per heavy atom. The third kappa shape index (κ3) is 106. The third-order valence-corrected chi connectivity index (χ3v) is 18.3. The van der Waals surface area contributed by atoms with Gasteiger partial charge < -0.3 is 133 Å². The van der Waals surface area contributed by atoms with Crippen molar-refractivity contribution in [3.05, 3.63) is 35.9 Å². The summed E-state index contributed by atoms with van der Waals surface area (Å²) in [6.45, 7) is 50.9. The Kier molecular flexibility index (Phi) is 118. The zero-order valence-corrected chi connectivity index (χ0v) is 82.5. The van der Waals surface area contributed by atoms with Gasteiger partial charge in [0.15, 0.2) is 6.10 Å². The summed E-state index contributed by atoms with van der Waals surface area (Å²) < 4.78 is 132. The fourth-order valence-electron chi connectivity index (χ4n) is 12.7. The Morgan fingerprint density at radius 3 is 0.824 bits per heavy atom. The van der Waals surface area contributed by atoms with Gasteiger partial charge in [0, 0.05) is 163 Å². The van der Waals surface area contributed by atoms with Crippen LogP contribution in [0, 0.1) is 23.2 Å². The summed E-state index contributed by atoms with van der Waals surface area (Å²) in [5.41, 5.74) is 2.12. The smallest absolute Gasteiger partial charge is 0.303 e. The first-order chi connectivity index (χ1) is 61.1. The van der Waals surface area contributed by atoms with E-state index in [1.54, 1.807) is 76.1 Å². The number of aliphatic hydroxyl groups excluding tert-OH is 1. The molecule has 0 amide bonds. The summed E-state index contributed by atoms with van der Waals surface area (Å²) in [7, 11) is 15.4. The minimum absolute atomic E-state index is 0.106. The van der Waals surface area contributed by atoms with Crippen LogP contribution in [0.1, 0.15) is 164 Å². The Hall–Kier alpha value is -2.92. The lowest BCUT2D eigenvalue weighted by Crippen LogP contribution is -2.47. The van der Waals surface area contributed by atoms with E-state index in [9.17, 15) is 9.59 Å². The van der Waals surface area contributed by atoms with E-state index in [2.05, 4.69) is 92.0 Å². The van der Waals surface area contributed by atoms with Crippen LogP contribution in [0.3, 0.4) is 0 Å². The molecular weight excluding hydrogens is 1620 g/mol. The minimum atomic E-state index is -0.758. The molecule has 5 fully saturated rings. The summed E-state index contributed by atoms with van der Waals surface area (Å²) in [5.74, 6) is 2.30. The van der Waals surface area contributed by atoms with Crippen LogP contribution in [0.5, 0.6) is 0 Å². The number of nitrogens with zero attached hydrogens (tertiary/aromatic N) is 2. The molecule has 1 aromatic rings. The fraction of sp³-hybridized carbons (Fsp3) is 0.915. The van der Waals surface area contributed by atoms with Crippen molar-refractivity contribution in [2.24, 2.45) is 23.2 Å². The standard InChI is InChI=1S/C13H22O.C10H22N2O.5C10H22O4.C10H14O.C7H12O5.C4H10O/c1-14-3-2-13-7-10-4-11(8-13)6-12(5-10)9-13;1-3-4-11-5-7-12(8-6-11)9-10-13-2;5*1-3-4-12-7-8-14-10-9-13-6-5-11-2;1-11-9-5-8-10-6-3-2-4-7-10;1-5(9)11-4-7(3-8)12-6(2)10;1-3-4-5-2/h10-12H,2-9H2,1H3;3-10H2,1-2H3;5*3-10H2,1-2H3;2-4,6-7H,5,8-9H2,1H3;7-8H,3-4H2,1-2H3;3-4H2,1-2H3.